The number of nitrogens with zero attached hydrogens (tertiary/aromatic N) is 1. The number of aromatic nitrogens is 1. The highest BCUT2D eigenvalue weighted by atomic mass is 35.5. The van der Waals surface area contributed by atoms with Crippen LogP contribution < -0.4 is 21.3 Å². The first kappa shape index (κ1) is 16.6. The number of anilines is 1. The van der Waals surface area contributed by atoms with E-state index in [1.165, 1.54) is 12.3 Å². The monoisotopic (exact) mass is 321 g/mol. The molecule has 1 amide bonds. The molecule has 0 radical (unpaired) electrons. The van der Waals surface area contributed by atoms with E-state index < -0.39 is 15.9 Å². The predicted octanol–water partition coefficient (Wildman–Crippen LogP) is -0.310. The Morgan fingerprint density at radius 2 is 2.20 bits per heavy atom. The van der Waals surface area contributed by atoms with Crippen LogP contribution in [0.25, 0.3) is 0 Å². The van der Waals surface area contributed by atoms with E-state index in [0.717, 1.165) is 0 Å². The molecule has 0 aliphatic rings. The van der Waals surface area contributed by atoms with Gasteiger partial charge in [-0.3, -0.25) is 4.79 Å². The van der Waals surface area contributed by atoms with E-state index in [9.17, 15) is 13.2 Å². The molecule has 1 heterocycles. The lowest BCUT2D eigenvalue weighted by Crippen LogP contribution is -2.34. The van der Waals surface area contributed by atoms with E-state index in [-0.39, 0.29) is 28.7 Å². The van der Waals surface area contributed by atoms with Crippen LogP contribution >= 0.6 is 11.6 Å². The Balaban J connectivity index is 2.58. The summed E-state index contributed by atoms with van der Waals surface area (Å²) in [6.07, 6.45) is 1.29. The lowest BCUT2D eigenvalue weighted by Gasteiger charge is -2.08. The topological polar surface area (TPSA) is 126 Å². The van der Waals surface area contributed by atoms with Gasteiger partial charge in [0, 0.05) is 19.3 Å². The fraction of sp³-hybridized carbons (Fsp3) is 0.400. The number of pyridine rings is 1. The van der Waals surface area contributed by atoms with Gasteiger partial charge in [-0.1, -0.05) is 18.5 Å². The van der Waals surface area contributed by atoms with Crippen LogP contribution in [0.2, 0.25) is 5.02 Å². The zero-order chi connectivity index (χ0) is 15.2. The van der Waals surface area contributed by atoms with Crippen LogP contribution in [0.4, 0.5) is 5.82 Å². The minimum Gasteiger partial charge on any atom is -0.351 e. The molecule has 5 N–H and O–H groups in total. The zero-order valence-corrected chi connectivity index (χ0v) is 12.4. The van der Waals surface area contributed by atoms with Crippen molar-refractivity contribution in [2.45, 2.75) is 6.92 Å². The van der Waals surface area contributed by atoms with Crippen LogP contribution in [0.5, 0.6) is 0 Å². The van der Waals surface area contributed by atoms with Crippen molar-refractivity contribution in [3.63, 3.8) is 0 Å². The van der Waals surface area contributed by atoms with E-state index >= 15 is 0 Å². The molecule has 1 aromatic heterocycles. The zero-order valence-electron chi connectivity index (χ0n) is 10.8. The minimum absolute atomic E-state index is 0.0112. The first-order chi connectivity index (χ1) is 9.39. The van der Waals surface area contributed by atoms with Gasteiger partial charge in [0.2, 0.25) is 10.0 Å². The molecular weight excluding hydrogens is 306 g/mol. The standard InChI is InChI=1S/C10H16ClN5O3S/c1-2-15-20(18,19)4-3-13-10(17)7-5-8(11)9(16-12)14-6-7/h5-6,15H,2-4,12H2,1H3,(H,13,17)(H,14,16). The molecule has 20 heavy (non-hydrogen) atoms. The number of nitrogens with one attached hydrogen (secondary N) is 3. The number of amides is 1. The number of carbonyl (C=O) groups excluding carboxylic acids is 1. The molecule has 1 rings (SSSR count). The molecule has 0 fully saturated rings. The van der Waals surface area contributed by atoms with Crippen molar-refractivity contribution in [1.82, 2.24) is 15.0 Å². The number of nitrogen functional groups attached to an aromatic ring is 1. The van der Waals surface area contributed by atoms with Crippen molar-refractivity contribution in [3.05, 3.63) is 22.8 Å². The highest BCUT2D eigenvalue weighted by Gasteiger charge is 2.12. The van der Waals surface area contributed by atoms with Crippen molar-refractivity contribution < 1.29 is 13.2 Å². The number of hydrogen-bond acceptors (Lipinski definition) is 6. The summed E-state index contributed by atoms with van der Waals surface area (Å²) < 4.78 is 25.1. The van der Waals surface area contributed by atoms with Gasteiger partial charge in [0.25, 0.3) is 5.91 Å². The van der Waals surface area contributed by atoms with Crippen LogP contribution in [-0.2, 0) is 10.0 Å². The fourth-order valence-corrected chi connectivity index (χ4v) is 2.54. The summed E-state index contributed by atoms with van der Waals surface area (Å²) >= 11 is 5.83. The molecule has 0 spiro atoms. The largest absolute Gasteiger partial charge is 0.351 e. The molecule has 8 nitrogen and oxygen atoms in total. The Bertz CT molecular complexity index is 578. The molecule has 10 heteroatoms. The van der Waals surface area contributed by atoms with Crippen molar-refractivity contribution >= 4 is 33.3 Å². The first-order valence-electron chi connectivity index (χ1n) is 5.77. The number of nitrogens with two attached hydrogens (primary N) is 1. The van der Waals surface area contributed by atoms with Gasteiger partial charge >= 0.3 is 0 Å². The molecule has 112 valence electrons. The Labute approximate surface area is 122 Å². The van der Waals surface area contributed by atoms with E-state index in [2.05, 4.69) is 20.4 Å². The van der Waals surface area contributed by atoms with Gasteiger partial charge < -0.3 is 10.7 Å². The van der Waals surface area contributed by atoms with Crippen LogP contribution in [0.3, 0.4) is 0 Å². The Hall–Kier alpha value is -1.42. The Morgan fingerprint density at radius 3 is 2.75 bits per heavy atom. The van der Waals surface area contributed by atoms with Gasteiger partial charge in [0.15, 0.2) is 5.82 Å². The van der Waals surface area contributed by atoms with Crippen molar-refractivity contribution in [2.24, 2.45) is 5.84 Å². The lowest BCUT2D eigenvalue weighted by atomic mass is 10.2. The SMILES string of the molecule is CCNS(=O)(=O)CCNC(=O)c1cnc(NN)c(Cl)c1. The average molecular weight is 322 g/mol. The molecule has 0 saturated heterocycles. The highest BCUT2D eigenvalue weighted by Crippen LogP contribution is 2.18. The number of hydrogen-bond donors (Lipinski definition) is 4. The third-order valence-corrected chi connectivity index (χ3v) is 4.02. The lowest BCUT2D eigenvalue weighted by molar-refractivity contribution is 0.0956. The second kappa shape index (κ2) is 7.39. The number of hydrazine groups is 1. The summed E-state index contributed by atoms with van der Waals surface area (Å²) in [4.78, 5) is 15.6. The number of carbonyl (C=O) groups is 1. The smallest absolute Gasteiger partial charge is 0.252 e. The van der Waals surface area contributed by atoms with Gasteiger partial charge in [-0.15, -0.1) is 0 Å². The first-order valence-corrected chi connectivity index (χ1v) is 7.80. The average Bonchev–Trinajstić information content (AvgIpc) is 2.38. The Kier molecular flexibility index (Phi) is 6.14. The predicted molar refractivity (Wildman–Crippen MR) is 76.9 cm³/mol. The van der Waals surface area contributed by atoms with Gasteiger partial charge in [-0.2, -0.15) is 0 Å². The molecule has 0 aliphatic heterocycles. The molecule has 0 saturated carbocycles. The van der Waals surface area contributed by atoms with Crippen molar-refractivity contribution in [1.29, 1.82) is 0 Å². The summed E-state index contributed by atoms with van der Waals surface area (Å²) in [5, 5.41) is 2.66. The quantitative estimate of drug-likeness (QED) is 0.403. The van der Waals surface area contributed by atoms with Gasteiger partial charge in [-0.05, 0) is 6.07 Å². The van der Waals surface area contributed by atoms with Crippen LogP contribution in [0.15, 0.2) is 12.3 Å². The maximum Gasteiger partial charge on any atom is 0.252 e. The summed E-state index contributed by atoms with van der Waals surface area (Å²) in [6.45, 7) is 1.98. The normalized spacial score (nSPS) is 11.2. The number of sulfonamides is 1. The third kappa shape index (κ3) is 4.93. The van der Waals surface area contributed by atoms with E-state index in [1.807, 2.05) is 0 Å². The third-order valence-electron chi connectivity index (χ3n) is 2.26. The summed E-state index contributed by atoms with van der Waals surface area (Å²) in [7, 11) is -3.36. The fourth-order valence-electron chi connectivity index (χ4n) is 1.36. The second-order valence-electron chi connectivity index (χ2n) is 3.77. The van der Waals surface area contributed by atoms with Crippen molar-refractivity contribution in [2.75, 3.05) is 24.3 Å². The molecule has 1 aromatic rings. The minimum atomic E-state index is -3.36. The highest BCUT2D eigenvalue weighted by molar-refractivity contribution is 7.89. The Morgan fingerprint density at radius 1 is 1.50 bits per heavy atom. The molecule has 0 unspecified atom stereocenters. The number of halogens is 1. The van der Waals surface area contributed by atoms with Gasteiger partial charge in [0.1, 0.15) is 0 Å². The molecular formula is C10H16ClN5O3S. The molecule has 0 aliphatic carbocycles. The van der Waals surface area contributed by atoms with Crippen LogP contribution in [0.1, 0.15) is 17.3 Å². The van der Waals surface area contributed by atoms with Crippen LogP contribution in [-0.4, -0.2) is 38.2 Å². The molecule has 0 atom stereocenters. The maximum atomic E-state index is 11.8. The molecule has 0 aromatic carbocycles. The van der Waals surface area contributed by atoms with Gasteiger partial charge in [0.05, 0.1) is 16.3 Å². The van der Waals surface area contributed by atoms with E-state index in [0.29, 0.717) is 6.54 Å². The molecule has 0 bridgehead atoms. The summed E-state index contributed by atoms with van der Waals surface area (Å²) in [5.41, 5.74) is 2.49. The van der Waals surface area contributed by atoms with Crippen molar-refractivity contribution in [3.8, 4) is 0 Å². The number of rotatable bonds is 7. The maximum absolute atomic E-state index is 11.8. The van der Waals surface area contributed by atoms with Gasteiger partial charge in [-0.25, -0.2) is 24.0 Å². The van der Waals surface area contributed by atoms with E-state index in [1.54, 1.807) is 6.92 Å². The second-order valence-corrected chi connectivity index (χ2v) is 6.11. The van der Waals surface area contributed by atoms with Crippen LogP contribution in [0, 0.1) is 0 Å². The van der Waals surface area contributed by atoms with E-state index in [4.69, 9.17) is 17.4 Å². The summed E-state index contributed by atoms with van der Waals surface area (Å²) in [6, 6.07) is 1.39. The summed E-state index contributed by atoms with van der Waals surface area (Å²) in [5.74, 6) is 4.75.